The highest BCUT2D eigenvalue weighted by atomic mass is 16.5. The molecule has 2 aromatic carbocycles. The Morgan fingerprint density at radius 3 is 2.56 bits per heavy atom. The molecular weight excluding hydrogens is 340 g/mol. The van der Waals surface area contributed by atoms with Crippen molar-refractivity contribution in [2.45, 2.75) is 51.6 Å². The van der Waals surface area contributed by atoms with Crippen molar-refractivity contribution in [3.63, 3.8) is 0 Å². The van der Waals surface area contributed by atoms with E-state index in [-0.39, 0.29) is 22.8 Å². The van der Waals surface area contributed by atoms with Gasteiger partial charge in [-0.15, -0.1) is 0 Å². The zero-order valence-corrected chi connectivity index (χ0v) is 16.0. The van der Waals surface area contributed by atoms with Gasteiger partial charge in [0.15, 0.2) is 0 Å². The van der Waals surface area contributed by atoms with Crippen molar-refractivity contribution in [1.82, 2.24) is 0 Å². The molecule has 0 fully saturated rings. The van der Waals surface area contributed by atoms with E-state index in [1.807, 2.05) is 24.3 Å². The Bertz CT molecular complexity index is 865. The quantitative estimate of drug-likeness (QED) is 0.555. The van der Waals surface area contributed by atoms with Crippen LogP contribution in [-0.4, -0.2) is 21.6 Å². The number of phenols is 1. The second kappa shape index (κ2) is 7.47. The fourth-order valence-electron chi connectivity index (χ4n) is 3.59. The van der Waals surface area contributed by atoms with Crippen LogP contribution in [0.15, 0.2) is 54.3 Å². The number of benzene rings is 2. The molecule has 1 unspecified atom stereocenters. The molecule has 0 saturated heterocycles. The lowest BCUT2D eigenvalue weighted by Gasteiger charge is -2.34. The first-order valence-corrected chi connectivity index (χ1v) is 9.33. The summed E-state index contributed by atoms with van der Waals surface area (Å²) in [5.41, 5.74) is 1.57. The molecule has 1 aliphatic heterocycles. The third-order valence-corrected chi connectivity index (χ3v) is 5.23. The maximum absolute atomic E-state index is 12.6. The number of rotatable bonds is 5. The molecule has 27 heavy (non-hydrogen) atoms. The fraction of sp³-hybridized carbons (Fsp3) is 0.348. The van der Waals surface area contributed by atoms with Gasteiger partial charge >= 0.3 is 0 Å². The van der Waals surface area contributed by atoms with Crippen molar-refractivity contribution in [3.05, 3.63) is 71.0 Å². The number of ketones is 1. The molecule has 3 rings (SSSR count). The van der Waals surface area contributed by atoms with Crippen LogP contribution in [0.3, 0.4) is 0 Å². The van der Waals surface area contributed by atoms with Gasteiger partial charge in [-0.05, 0) is 62.3 Å². The summed E-state index contributed by atoms with van der Waals surface area (Å²) in [4.78, 5) is 12.6. The molecule has 4 heteroatoms. The van der Waals surface area contributed by atoms with Gasteiger partial charge in [-0.25, -0.2) is 0 Å². The average Bonchev–Trinajstić information content (AvgIpc) is 2.61. The van der Waals surface area contributed by atoms with Gasteiger partial charge < -0.3 is 14.9 Å². The summed E-state index contributed by atoms with van der Waals surface area (Å²) < 4.78 is 5.93. The summed E-state index contributed by atoms with van der Waals surface area (Å²) in [5.74, 6) is 0.101. The smallest absolute Gasteiger partial charge is 0.203 e. The number of hydrogen-bond donors (Lipinski definition) is 2. The van der Waals surface area contributed by atoms with Crippen molar-refractivity contribution < 1.29 is 19.7 Å². The number of ether oxygens (including phenoxy) is 1. The third-order valence-electron chi connectivity index (χ3n) is 5.23. The Labute approximate surface area is 160 Å². The molecule has 1 atom stereocenters. The van der Waals surface area contributed by atoms with E-state index in [4.69, 9.17) is 4.74 Å². The van der Waals surface area contributed by atoms with Crippen molar-refractivity contribution in [3.8, 4) is 11.5 Å². The predicted molar refractivity (Wildman–Crippen MR) is 106 cm³/mol. The van der Waals surface area contributed by atoms with Gasteiger partial charge in [0.25, 0.3) is 0 Å². The summed E-state index contributed by atoms with van der Waals surface area (Å²) in [6.45, 7) is 5.56. The molecule has 1 heterocycles. The van der Waals surface area contributed by atoms with Crippen LogP contribution in [0.5, 0.6) is 11.5 Å². The first kappa shape index (κ1) is 19.0. The molecule has 2 N–H and O–H groups in total. The Morgan fingerprint density at radius 2 is 1.89 bits per heavy atom. The third kappa shape index (κ3) is 3.85. The number of Topliss-reactive ketones (excluding diaryl/α,β-unsaturated/α-hetero) is 1. The topological polar surface area (TPSA) is 66.8 Å². The largest absolute Gasteiger partial charge is 0.515 e. The van der Waals surface area contributed by atoms with Crippen LogP contribution in [0.4, 0.5) is 0 Å². The number of phenolic OH excluding ortho intramolecular Hbond substituents is 1. The van der Waals surface area contributed by atoms with Crippen LogP contribution in [-0.2, 0) is 6.42 Å². The monoisotopic (exact) mass is 366 g/mol. The molecule has 0 aliphatic carbocycles. The first-order valence-electron chi connectivity index (χ1n) is 9.33. The molecular formula is C23H26O4. The zero-order chi connectivity index (χ0) is 19.6. The summed E-state index contributed by atoms with van der Waals surface area (Å²) in [6, 6.07) is 13.8. The minimum atomic E-state index is -0.944. The van der Waals surface area contributed by atoms with E-state index in [0.717, 1.165) is 31.1 Å². The molecule has 1 aliphatic rings. The van der Waals surface area contributed by atoms with Crippen molar-refractivity contribution in [2.75, 3.05) is 0 Å². The van der Waals surface area contributed by atoms with E-state index in [1.165, 1.54) is 5.56 Å². The number of aliphatic hydroxyl groups excluding tert-OH is 1. The molecule has 142 valence electrons. The molecule has 0 amide bonds. The lowest BCUT2D eigenvalue weighted by Crippen LogP contribution is -2.39. The summed E-state index contributed by atoms with van der Waals surface area (Å²) in [5, 5.41) is 19.8. The Balaban J connectivity index is 1.78. The van der Waals surface area contributed by atoms with Gasteiger partial charge in [0.1, 0.15) is 22.7 Å². The molecule has 0 spiro atoms. The maximum Gasteiger partial charge on any atom is 0.203 e. The van der Waals surface area contributed by atoms with Crippen molar-refractivity contribution in [1.29, 1.82) is 0 Å². The highest BCUT2D eigenvalue weighted by Gasteiger charge is 2.40. The number of hydrogen-bond acceptors (Lipinski definition) is 4. The predicted octanol–water partition coefficient (Wildman–Crippen LogP) is 5.31. The fourth-order valence-corrected chi connectivity index (χ4v) is 3.59. The van der Waals surface area contributed by atoms with Gasteiger partial charge in [-0.1, -0.05) is 37.3 Å². The van der Waals surface area contributed by atoms with Crippen LogP contribution in [0.25, 0.3) is 0 Å². The molecule has 0 bridgehead atoms. The van der Waals surface area contributed by atoms with E-state index in [2.05, 4.69) is 19.1 Å². The normalized spacial score (nSPS) is 18.0. The summed E-state index contributed by atoms with van der Waals surface area (Å²) in [7, 11) is 0. The Kier molecular flexibility index (Phi) is 5.26. The molecule has 0 saturated carbocycles. The van der Waals surface area contributed by atoms with Gasteiger partial charge in [0.05, 0.1) is 11.8 Å². The number of fused-ring (bicyclic) bond motifs is 1. The molecule has 0 aromatic heterocycles. The number of aliphatic hydroxyl groups is 1. The summed E-state index contributed by atoms with van der Waals surface area (Å²) in [6.07, 6.45) is 3.78. The van der Waals surface area contributed by atoms with Gasteiger partial charge in [-0.3, -0.25) is 4.79 Å². The second-order valence-corrected chi connectivity index (χ2v) is 7.68. The number of carbonyl (C=O) groups is 1. The van der Waals surface area contributed by atoms with Crippen LogP contribution < -0.4 is 4.74 Å². The van der Waals surface area contributed by atoms with E-state index >= 15 is 0 Å². The minimum absolute atomic E-state index is 0.0998. The highest BCUT2D eigenvalue weighted by Crippen LogP contribution is 2.42. The van der Waals surface area contributed by atoms with Crippen LogP contribution >= 0.6 is 0 Å². The van der Waals surface area contributed by atoms with Gasteiger partial charge in [-0.2, -0.15) is 0 Å². The average molecular weight is 366 g/mol. The number of aryl methyl sites for hydroxylation is 1. The van der Waals surface area contributed by atoms with Crippen LogP contribution in [0.2, 0.25) is 0 Å². The van der Waals surface area contributed by atoms with Gasteiger partial charge in [0.2, 0.25) is 5.78 Å². The van der Waals surface area contributed by atoms with E-state index in [0.29, 0.717) is 5.75 Å². The Hall–Kier alpha value is -2.75. The molecule has 2 aromatic rings. The number of carbonyl (C=O) groups excluding carboxylic acids is 1. The second-order valence-electron chi connectivity index (χ2n) is 7.68. The standard InChI is InChI=1S/C23H26O4/c1-15(8-7-11-16-9-5-4-6-10-16)17-12-19(25)21-20(13-17)27-23(2,3)18(14-24)22(21)26/h4-6,9-10,12-15,24-25H,7-8,11H2,1-3H3/b18-14-. The number of aromatic hydroxyl groups is 1. The Morgan fingerprint density at radius 1 is 1.19 bits per heavy atom. The lowest BCUT2D eigenvalue weighted by molar-refractivity contribution is 0.0838. The molecule has 0 radical (unpaired) electrons. The van der Waals surface area contributed by atoms with E-state index in [1.54, 1.807) is 19.9 Å². The lowest BCUT2D eigenvalue weighted by atomic mass is 9.85. The SMILES string of the molecule is CC(CCCc1ccccc1)c1cc(O)c2c(c1)OC(C)(C)/C(=C\O)C2=O. The van der Waals surface area contributed by atoms with E-state index < -0.39 is 11.4 Å². The zero-order valence-electron chi connectivity index (χ0n) is 16.0. The van der Waals surface area contributed by atoms with E-state index in [9.17, 15) is 15.0 Å². The first-order chi connectivity index (χ1) is 12.8. The minimum Gasteiger partial charge on any atom is -0.515 e. The van der Waals surface area contributed by atoms with Crippen LogP contribution in [0.1, 0.15) is 61.0 Å². The van der Waals surface area contributed by atoms with Gasteiger partial charge in [0, 0.05) is 0 Å². The highest BCUT2D eigenvalue weighted by molar-refractivity contribution is 6.14. The van der Waals surface area contributed by atoms with Crippen LogP contribution in [0, 0.1) is 0 Å². The van der Waals surface area contributed by atoms with Crippen molar-refractivity contribution in [2.24, 2.45) is 0 Å². The molecule has 4 nitrogen and oxygen atoms in total. The van der Waals surface area contributed by atoms with Crippen molar-refractivity contribution >= 4 is 5.78 Å². The summed E-state index contributed by atoms with van der Waals surface area (Å²) >= 11 is 0. The maximum atomic E-state index is 12.6.